The molecule has 20 heavy (non-hydrogen) atoms. The molecule has 0 radical (unpaired) electrons. The van der Waals surface area contributed by atoms with Gasteiger partial charge in [-0.3, -0.25) is 0 Å². The zero-order valence-electron chi connectivity index (χ0n) is 13.0. The number of hydrogen-bond donors (Lipinski definition) is 1. The fourth-order valence-corrected chi connectivity index (χ4v) is 2.65. The summed E-state index contributed by atoms with van der Waals surface area (Å²) in [6.45, 7) is 9.97. The van der Waals surface area contributed by atoms with Crippen LogP contribution in [0.2, 0.25) is 0 Å². The van der Waals surface area contributed by atoms with Gasteiger partial charge in [-0.05, 0) is 44.0 Å². The number of aromatic nitrogens is 2. The third kappa shape index (κ3) is 3.60. The number of benzene rings is 1. The summed E-state index contributed by atoms with van der Waals surface area (Å²) in [5.74, 6) is 1.85. The molecule has 1 atom stereocenters. The molecule has 3 heteroatoms. The van der Waals surface area contributed by atoms with Gasteiger partial charge in [-0.25, -0.2) is 4.98 Å². The predicted molar refractivity (Wildman–Crippen MR) is 86.1 cm³/mol. The third-order valence-corrected chi connectivity index (χ3v) is 3.62. The van der Waals surface area contributed by atoms with Gasteiger partial charge in [0.15, 0.2) is 0 Å². The molecule has 1 heterocycles. The Kier molecular flexibility index (Phi) is 5.60. The zero-order chi connectivity index (χ0) is 14.4. The Morgan fingerprint density at radius 3 is 2.75 bits per heavy atom. The number of fused-ring (bicyclic) bond motifs is 1. The number of imidazole rings is 1. The summed E-state index contributed by atoms with van der Waals surface area (Å²) in [6, 6.07) is 8.48. The summed E-state index contributed by atoms with van der Waals surface area (Å²) in [6.07, 6.45) is 3.40. The van der Waals surface area contributed by atoms with E-state index in [0.29, 0.717) is 5.92 Å². The van der Waals surface area contributed by atoms with Gasteiger partial charge in [-0.1, -0.05) is 32.9 Å². The summed E-state index contributed by atoms with van der Waals surface area (Å²) < 4.78 is 2.41. The molecule has 0 saturated carbocycles. The third-order valence-electron chi connectivity index (χ3n) is 3.62. The molecule has 0 saturated heterocycles. The van der Waals surface area contributed by atoms with Crippen molar-refractivity contribution in [2.75, 3.05) is 13.1 Å². The van der Waals surface area contributed by atoms with Crippen LogP contribution < -0.4 is 5.32 Å². The second-order valence-electron chi connectivity index (χ2n) is 5.69. The first-order chi connectivity index (χ1) is 9.76. The molecule has 2 aromatic rings. The molecule has 1 N–H and O–H groups in total. The van der Waals surface area contributed by atoms with Crippen LogP contribution in [-0.4, -0.2) is 22.6 Å². The molecule has 1 unspecified atom stereocenters. The second kappa shape index (κ2) is 7.44. The van der Waals surface area contributed by atoms with Crippen LogP contribution in [0.5, 0.6) is 0 Å². The highest BCUT2D eigenvalue weighted by molar-refractivity contribution is 5.75. The molecule has 0 bridgehead atoms. The highest BCUT2D eigenvalue weighted by Gasteiger charge is 2.12. The van der Waals surface area contributed by atoms with E-state index in [4.69, 9.17) is 4.98 Å². The maximum Gasteiger partial charge on any atom is 0.109 e. The van der Waals surface area contributed by atoms with Crippen molar-refractivity contribution in [3.05, 3.63) is 30.1 Å². The number of nitrogens with zero attached hydrogens (tertiary/aromatic N) is 2. The monoisotopic (exact) mass is 273 g/mol. The van der Waals surface area contributed by atoms with Gasteiger partial charge in [0.05, 0.1) is 11.0 Å². The van der Waals surface area contributed by atoms with Crippen molar-refractivity contribution in [3.63, 3.8) is 0 Å². The van der Waals surface area contributed by atoms with Gasteiger partial charge in [0.25, 0.3) is 0 Å². The van der Waals surface area contributed by atoms with Crippen LogP contribution in [0.1, 0.15) is 39.4 Å². The molecular formula is C17H27N3. The fraction of sp³-hybridized carbons (Fsp3) is 0.588. The van der Waals surface area contributed by atoms with Crippen LogP contribution in [0.25, 0.3) is 11.0 Å². The van der Waals surface area contributed by atoms with Crippen molar-refractivity contribution < 1.29 is 0 Å². The van der Waals surface area contributed by atoms with Gasteiger partial charge in [0, 0.05) is 13.0 Å². The van der Waals surface area contributed by atoms with E-state index in [1.807, 2.05) is 0 Å². The van der Waals surface area contributed by atoms with E-state index in [-0.39, 0.29) is 0 Å². The van der Waals surface area contributed by atoms with Crippen molar-refractivity contribution in [2.45, 2.75) is 46.6 Å². The van der Waals surface area contributed by atoms with Crippen molar-refractivity contribution in [3.8, 4) is 0 Å². The molecule has 0 aliphatic heterocycles. The minimum absolute atomic E-state index is 0.620. The van der Waals surface area contributed by atoms with E-state index in [0.717, 1.165) is 38.0 Å². The summed E-state index contributed by atoms with van der Waals surface area (Å²) in [4.78, 5) is 4.79. The van der Waals surface area contributed by atoms with Crippen molar-refractivity contribution in [2.24, 2.45) is 5.92 Å². The van der Waals surface area contributed by atoms with Gasteiger partial charge in [-0.15, -0.1) is 0 Å². The Morgan fingerprint density at radius 2 is 2.00 bits per heavy atom. The normalized spacial score (nSPS) is 12.9. The Bertz CT molecular complexity index is 530. The number of aryl methyl sites for hydroxylation is 1. The Balaban J connectivity index is 2.16. The zero-order valence-corrected chi connectivity index (χ0v) is 13.0. The predicted octanol–water partition coefficient (Wildman–Crippen LogP) is 3.62. The van der Waals surface area contributed by atoms with E-state index in [9.17, 15) is 0 Å². The van der Waals surface area contributed by atoms with Crippen LogP contribution in [0.15, 0.2) is 24.3 Å². The lowest BCUT2D eigenvalue weighted by Crippen LogP contribution is -2.25. The van der Waals surface area contributed by atoms with Crippen LogP contribution in [0.4, 0.5) is 0 Å². The SMILES string of the molecule is CCCNCC(C)Cn1c(CCC)nc2ccccc21. The molecule has 0 spiro atoms. The summed E-state index contributed by atoms with van der Waals surface area (Å²) in [5.41, 5.74) is 2.41. The first-order valence-electron chi connectivity index (χ1n) is 7.91. The Labute approximate surface area is 122 Å². The number of para-hydroxylation sites is 2. The van der Waals surface area contributed by atoms with Crippen LogP contribution in [0.3, 0.4) is 0 Å². The molecule has 110 valence electrons. The highest BCUT2D eigenvalue weighted by Crippen LogP contribution is 2.18. The maximum atomic E-state index is 4.79. The minimum atomic E-state index is 0.620. The molecule has 0 fully saturated rings. The largest absolute Gasteiger partial charge is 0.328 e. The number of nitrogens with one attached hydrogen (secondary N) is 1. The first-order valence-corrected chi connectivity index (χ1v) is 7.91. The van der Waals surface area contributed by atoms with Gasteiger partial charge in [0.2, 0.25) is 0 Å². The minimum Gasteiger partial charge on any atom is -0.328 e. The molecule has 0 aliphatic carbocycles. The molecule has 0 aliphatic rings. The quantitative estimate of drug-likeness (QED) is 0.744. The fourth-order valence-electron chi connectivity index (χ4n) is 2.65. The lowest BCUT2D eigenvalue weighted by atomic mass is 10.1. The van der Waals surface area contributed by atoms with Crippen molar-refractivity contribution >= 4 is 11.0 Å². The topological polar surface area (TPSA) is 29.9 Å². The number of rotatable bonds is 8. The first kappa shape index (κ1) is 15.0. The highest BCUT2D eigenvalue weighted by atomic mass is 15.1. The van der Waals surface area contributed by atoms with Crippen LogP contribution >= 0.6 is 0 Å². The molecular weight excluding hydrogens is 246 g/mol. The summed E-state index contributed by atoms with van der Waals surface area (Å²) >= 11 is 0. The summed E-state index contributed by atoms with van der Waals surface area (Å²) in [5, 5.41) is 3.51. The molecule has 3 nitrogen and oxygen atoms in total. The maximum absolute atomic E-state index is 4.79. The lowest BCUT2D eigenvalue weighted by molar-refractivity contribution is 0.443. The van der Waals surface area contributed by atoms with E-state index in [2.05, 4.69) is 54.9 Å². The van der Waals surface area contributed by atoms with Gasteiger partial charge in [-0.2, -0.15) is 0 Å². The average molecular weight is 273 g/mol. The van der Waals surface area contributed by atoms with E-state index >= 15 is 0 Å². The van der Waals surface area contributed by atoms with E-state index < -0.39 is 0 Å². The van der Waals surface area contributed by atoms with Crippen LogP contribution in [-0.2, 0) is 13.0 Å². The smallest absolute Gasteiger partial charge is 0.109 e. The second-order valence-corrected chi connectivity index (χ2v) is 5.69. The molecule has 0 amide bonds. The van der Waals surface area contributed by atoms with E-state index in [1.54, 1.807) is 0 Å². The van der Waals surface area contributed by atoms with Gasteiger partial charge >= 0.3 is 0 Å². The molecule has 1 aromatic carbocycles. The average Bonchev–Trinajstić information content (AvgIpc) is 2.78. The van der Waals surface area contributed by atoms with Gasteiger partial charge < -0.3 is 9.88 Å². The Hall–Kier alpha value is -1.35. The molecule has 2 rings (SSSR count). The lowest BCUT2D eigenvalue weighted by Gasteiger charge is -2.16. The Morgan fingerprint density at radius 1 is 1.20 bits per heavy atom. The van der Waals surface area contributed by atoms with E-state index in [1.165, 1.54) is 17.8 Å². The van der Waals surface area contributed by atoms with Gasteiger partial charge in [0.1, 0.15) is 5.82 Å². The molecule has 1 aromatic heterocycles. The van der Waals surface area contributed by atoms with Crippen molar-refractivity contribution in [1.82, 2.24) is 14.9 Å². The summed E-state index contributed by atoms with van der Waals surface area (Å²) in [7, 11) is 0. The standard InChI is InChI=1S/C17H27N3/c1-4-8-17-19-15-9-6-7-10-16(15)20(17)13-14(3)12-18-11-5-2/h6-7,9-10,14,18H,4-5,8,11-13H2,1-3H3. The van der Waals surface area contributed by atoms with Crippen molar-refractivity contribution in [1.29, 1.82) is 0 Å². The van der Waals surface area contributed by atoms with Crippen LogP contribution in [0, 0.1) is 5.92 Å². The number of hydrogen-bond acceptors (Lipinski definition) is 2.